The van der Waals surface area contributed by atoms with Gasteiger partial charge in [-0.1, -0.05) is 5.57 Å². The summed E-state index contributed by atoms with van der Waals surface area (Å²) in [5.41, 5.74) is 5.57. The van der Waals surface area contributed by atoms with Gasteiger partial charge in [-0.2, -0.15) is 0 Å². The summed E-state index contributed by atoms with van der Waals surface area (Å²) in [5.74, 6) is -0.267. The van der Waals surface area contributed by atoms with Gasteiger partial charge in [0.1, 0.15) is 6.10 Å². The third-order valence-electron chi connectivity index (χ3n) is 3.71. The lowest BCUT2D eigenvalue weighted by Crippen LogP contribution is -2.54. The van der Waals surface area contributed by atoms with Crippen LogP contribution < -0.4 is 5.73 Å². The molecule has 0 bridgehead atoms. The fourth-order valence-electron chi connectivity index (χ4n) is 2.70. The van der Waals surface area contributed by atoms with Gasteiger partial charge < -0.3 is 15.6 Å². The van der Waals surface area contributed by atoms with Crippen LogP contribution >= 0.6 is 11.6 Å². The van der Waals surface area contributed by atoms with Crippen molar-refractivity contribution in [2.24, 2.45) is 11.7 Å². The molecule has 4 nitrogen and oxygen atoms in total. The largest absolute Gasteiger partial charge is 0.457 e. The van der Waals surface area contributed by atoms with Crippen LogP contribution in [0.1, 0.15) is 26.2 Å². The number of hydrogen-bond acceptors (Lipinski definition) is 4. The highest BCUT2D eigenvalue weighted by atomic mass is 35.5. The van der Waals surface area contributed by atoms with E-state index in [-0.39, 0.29) is 11.9 Å². The average Bonchev–Trinajstić information content (AvgIpc) is 2.25. The van der Waals surface area contributed by atoms with Crippen molar-refractivity contribution >= 4 is 17.6 Å². The van der Waals surface area contributed by atoms with Gasteiger partial charge in [0.15, 0.2) is 0 Å². The minimum absolute atomic E-state index is 0.110. The maximum absolute atomic E-state index is 11.5. The summed E-state index contributed by atoms with van der Waals surface area (Å²) in [4.78, 5) is 11.5. The van der Waals surface area contributed by atoms with Crippen LogP contribution in [0.4, 0.5) is 0 Å². The number of esters is 1. The number of halogens is 1. The Hall–Kier alpha value is -0.580. The normalized spacial score (nSPS) is 41.5. The van der Waals surface area contributed by atoms with Crippen LogP contribution in [0, 0.1) is 5.92 Å². The van der Waals surface area contributed by atoms with Crippen LogP contribution in [0.15, 0.2) is 11.6 Å². The zero-order chi connectivity index (χ0) is 12.6. The fraction of sp³-hybridized carbons (Fsp3) is 0.750. The minimum Gasteiger partial charge on any atom is -0.457 e. The second-order valence-electron chi connectivity index (χ2n) is 5.06. The number of alkyl halides is 1. The Labute approximate surface area is 106 Å². The first-order chi connectivity index (χ1) is 7.95. The fourth-order valence-corrected chi connectivity index (χ4v) is 3.03. The number of fused-ring (bicyclic) bond motifs is 1. The summed E-state index contributed by atoms with van der Waals surface area (Å²) in [5, 5.41) is 9.55. The van der Waals surface area contributed by atoms with Gasteiger partial charge in [-0.25, -0.2) is 4.79 Å². The summed E-state index contributed by atoms with van der Waals surface area (Å²) in [6.45, 7) is 2.20. The molecule has 0 aromatic rings. The van der Waals surface area contributed by atoms with Crippen LogP contribution in [-0.2, 0) is 9.53 Å². The standard InChI is InChI=1S/C12H18ClNO3/c1-12(16)4-2-8-7(3-5-14)6-9(15)17-10(8)11(12)13/h6,8,10-11,16H,2-5,14H2,1H3. The van der Waals surface area contributed by atoms with E-state index < -0.39 is 17.1 Å². The summed E-state index contributed by atoms with van der Waals surface area (Å²) < 4.78 is 5.27. The first-order valence-corrected chi connectivity index (χ1v) is 6.37. The van der Waals surface area contributed by atoms with E-state index >= 15 is 0 Å². The molecule has 0 aromatic carbocycles. The summed E-state index contributed by atoms with van der Waals surface area (Å²) in [7, 11) is 0. The van der Waals surface area contributed by atoms with E-state index in [9.17, 15) is 9.90 Å². The molecule has 5 heteroatoms. The van der Waals surface area contributed by atoms with Gasteiger partial charge in [0.2, 0.25) is 0 Å². The van der Waals surface area contributed by atoms with E-state index in [1.807, 2.05) is 0 Å². The number of hydrogen-bond donors (Lipinski definition) is 2. The highest BCUT2D eigenvalue weighted by molar-refractivity contribution is 6.22. The quantitative estimate of drug-likeness (QED) is 0.572. The molecule has 1 aliphatic heterocycles. The topological polar surface area (TPSA) is 72.5 Å². The molecule has 0 spiro atoms. The van der Waals surface area contributed by atoms with Crippen molar-refractivity contribution in [3.63, 3.8) is 0 Å². The Morgan fingerprint density at radius 1 is 1.71 bits per heavy atom. The molecule has 2 aliphatic rings. The Morgan fingerprint density at radius 3 is 3.06 bits per heavy atom. The van der Waals surface area contributed by atoms with Crippen LogP contribution in [-0.4, -0.2) is 34.7 Å². The Kier molecular flexibility index (Phi) is 3.48. The molecular formula is C12H18ClNO3. The van der Waals surface area contributed by atoms with Crippen LogP contribution in [0.2, 0.25) is 0 Å². The molecule has 96 valence electrons. The molecule has 1 heterocycles. The van der Waals surface area contributed by atoms with Gasteiger partial charge in [-0.05, 0) is 32.7 Å². The van der Waals surface area contributed by atoms with Crippen LogP contribution in [0.5, 0.6) is 0 Å². The zero-order valence-corrected chi connectivity index (χ0v) is 10.6. The van der Waals surface area contributed by atoms with E-state index in [4.69, 9.17) is 22.1 Å². The Bertz CT molecular complexity index is 354. The van der Waals surface area contributed by atoms with Gasteiger partial charge in [0.05, 0.1) is 11.0 Å². The van der Waals surface area contributed by atoms with Crippen molar-refractivity contribution in [2.75, 3.05) is 6.54 Å². The van der Waals surface area contributed by atoms with Crippen molar-refractivity contribution in [1.82, 2.24) is 0 Å². The SMILES string of the molecule is CC1(O)CCC2C(CCN)=CC(=O)OC2C1Cl. The summed E-state index contributed by atoms with van der Waals surface area (Å²) >= 11 is 6.23. The lowest BCUT2D eigenvalue weighted by molar-refractivity contribution is -0.154. The zero-order valence-electron chi connectivity index (χ0n) is 9.86. The maximum atomic E-state index is 11.5. The molecule has 0 amide bonds. The molecule has 1 fully saturated rings. The molecule has 4 atom stereocenters. The van der Waals surface area contributed by atoms with Gasteiger partial charge in [0.25, 0.3) is 0 Å². The summed E-state index contributed by atoms with van der Waals surface area (Å²) in [6.07, 6.45) is 3.17. The van der Waals surface area contributed by atoms with Crippen LogP contribution in [0.25, 0.3) is 0 Å². The summed E-state index contributed by atoms with van der Waals surface area (Å²) in [6, 6.07) is 0. The maximum Gasteiger partial charge on any atom is 0.331 e. The van der Waals surface area contributed by atoms with Gasteiger partial charge in [-0.15, -0.1) is 11.6 Å². The number of nitrogens with two attached hydrogens (primary N) is 1. The number of ether oxygens (including phenoxy) is 1. The van der Waals surface area contributed by atoms with Gasteiger partial charge in [-0.3, -0.25) is 0 Å². The van der Waals surface area contributed by atoms with Crippen molar-refractivity contribution in [3.05, 3.63) is 11.6 Å². The lowest BCUT2D eigenvalue weighted by Gasteiger charge is -2.45. The number of carbonyl (C=O) groups excluding carboxylic acids is 1. The van der Waals surface area contributed by atoms with Crippen molar-refractivity contribution in [3.8, 4) is 0 Å². The van der Waals surface area contributed by atoms with Crippen LogP contribution in [0.3, 0.4) is 0 Å². The molecule has 3 N–H and O–H groups in total. The van der Waals surface area contributed by atoms with Crippen molar-refractivity contribution < 1.29 is 14.6 Å². The number of carbonyl (C=O) groups is 1. The molecule has 0 saturated heterocycles. The third kappa shape index (κ3) is 2.34. The molecule has 2 rings (SSSR count). The van der Waals surface area contributed by atoms with E-state index in [1.54, 1.807) is 6.92 Å². The van der Waals surface area contributed by atoms with Crippen molar-refractivity contribution in [1.29, 1.82) is 0 Å². The first kappa shape index (κ1) is 12.9. The highest BCUT2D eigenvalue weighted by Crippen LogP contribution is 2.43. The monoisotopic (exact) mass is 259 g/mol. The predicted molar refractivity (Wildman–Crippen MR) is 64.6 cm³/mol. The lowest BCUT2D eigenvalue weighted by atomic mass is 9.72. The average molecular weight is 260 g/mol. The first-order valence-electron chi connectivity index (χ1n) is 5.93. The highest BCUT2D eigenvalue weighted by Gasteiger charge is 2.49. The van der Waals surface area contributed by atoms with Crippen molar-refractivity contribution in [2.45, 2.75) is 43.3 Å². The smallest absolute Gasteiger partial charge is 0.331 e. The molecule has 17 heavy (non-hydrogen) atoms. The predicted octanol–water partition coefficient (Wildman–Crippen LogP) is 0.955. The van der Waals surface area contributed by atoms with E-state index in [2.05, 4.69) is 0 Å². The number of aliphatic hydroxyl groups is 1. The second kappa shape index (κ2) is 4.59. The molecule has 1 aliphatic carbocycles. The number of rotatable bonds is 2. The Balaban J connectivity index is 2.24. The van der Waals surface area contributed by atoms with E-state index in [0.29, 0.717) is 19.4 Å². The van der Waals surface area contributed by atoms with E-state index in [0.717, 1.165) is 12.0 Å². The third-order valence-corrected chi connectivity index (χ3v) is 4.42. The molecular weight excluding hydrogens is 242 g/mol. The second-order valence-corrected chi connectivity index (χ2v) is 5.53. The molecule has 0 aromatic heterocycles. The molecule has 0 radical (unpaired) electrons. The van der Waals surface area contributed by atoms with E-state index in [1.165, 1.54) is 6.08 Å². The Morgan fingerprint density at radius 2 is 2.41 bits per heavy atom. The van der Waals surface area contributed by atoms with Gasteiger partial charge >= 0.3 is 5.97 Å². The molecule has 1 saturated carbocycles. The van der Waals surface area contributed by atoms with Gasteiger partial charge in [0, 0.05) is 12.0 Å². The minimum atomic E-state index is -0.978. The molecule has 4 unspecified atom stereocenters.